The Hall–Kier alpha value is -2.50. The Morgan fingerprint density at radius 3 is 1.91 bits per heavy atom. The summed E-state index contributed by atoms with van der Waals surface area (Å²) >= 11 is 0. The van der Waals surface area contributed by atoms with Crippen LogP contribution in [0.3, 0.4) is 0 Å². The van der Waals surface area contributed by atoms with Gasteiger partial charge in [-0.1, -0.05) is 60.7 Å². The summed E-state index contributed by atoms with van der Waals surface area (Å²) in [5.74, 6) is 0. The number of alkyl halides is 3. The molecule has 0 atom stereocenters. The molecule has 0 heterocycles. The third kappa shape index (κ3) is 4.51. The largest absolute Gasteiger partial charge is 0.488 e. The van der Waals surface area contributed by atoms with E-state index in [9.17, 15) is 18.0 Å². The number of carbonyl (C=O) groups excluding carboxylic acids is 1. The van der Waals surface area contributed by atoms with Crippen molar-refractivity contribution in [1.29, 1.82) is 0 Å². The van der Waals surface area contributed by atoms with E-state index < -0.39 is 18.9 Å². The molecule has 2 aromatic rings. The number of rotatable bonds is 4. The molecule has 0 aliphatic rings. The van der Waals surface area contributed by atoms with Gasteiger partial charge in [0, 0.05) is 6.54 Å². The van der Waals surface area contributed by atoms with E-state index in [1.807, 2.05) is 0 Å². The van der Waals surface area contributed by atoms with Gasteiger partial charge in [0.1, 0.15) is 0 Å². The van der Waals surface area contributed by atoms with E-state index in [1.165, 1.54) is 0 Å². The average Bonchev–Trinajstić information content (AvgIpc) is 2.51. The molecule has 22 heavy (non-hydrogen) atoms. The number of halogens is 3. The van der Waals surface area contributed by atoms with Crippen molar-refractivity contribution in [2.45, 2.75) is 19.4 Å². The molecule has 0 aromatic heterocycles. The molecule has 6 heteroatoms. The standard InChI is InChI=1S/C16H15F3N2O/c17-16(18,19)21(12-14-9-5-2-6-10-14)15(22)20-11-13-7-3-1-4-8-13/h1-10H,11-12H2,(H,20,22). The zero-order chi connectivity index (χ0) is 16.0. The number of carbonyl (C=O) groups is 1. The highest BCUT2D eigenvalue weighted by Gasteiger charge is 2.40. The van der Waals surface area contributed by atoms with Crippen LogP contribution in [-0.2, 0) is 13.1 Å². The van der Waals surface area contributed by atoms with Crippen LogP contribution < -0.4 is 5.32 Å². The van der Waals surface area contributed by atoms with Gasteiger partial charge in [-0.2, -0.15) is 0 Å². The van der Waals surface area contributed by atoms with Crippen molar-refractivity contribution in [3.8, 4) is 0 Å². The van der Waals surface area contributed by atoms with Gasteiger partial charge in [-0.05, 0) is 11.1 Å². The summed E-state index contributed by atoms with van der Waals surface area (Å²) in [6, 6.07) is 15.7. The first-order chi connectivity index (χ1) is 10.5. The number of nitrogens with one attached hydrogen (secondary N) is 1. The molecule has 0 aliphatic carbocycles. The fraction of sp³-hybridized carbons (Fsp3) is 0.188. The maximum Gasteiger partial charge on any atom is 0.488 e. The third-order valence-electron chi connectivity index (χ3n) is 3.02. The van der Waals surface area contributed by atoms with Crippen LogP contribution >= 0.6 is 0 Å². The molecule has 0 bridgehead atoms. The lowest BCUT2D eigenvalue weighted by Gasteiger charge is -2.25. The van der Waals surface area contributed by atoms with Crippen LogP contribution in [0, 0.1) is 0 Å². The Bertz CT molecular complexity index is 600. The van der Waals surface area contributed by atoms with Gasteiger partial charge >= 0.3 is 12.3 Å². The normalized spacial score (nSPS) is 11.0. The van der Waals surface area contributed by atoms with Crippen LogP contribution in [-0.4, -0.2) is 17.2 Å². The third-order valence-corrected chi connectivity index (χ3v) is 3.02. The van der Waals surface area contributed by atoms with Crippen molar-refractivity contribution in [3.63, 3.8) is 0 Å². The molecule has 0 saturated carbocycles. The van der Waals surface area contributed by atoms with Crippen LogP contribution in [0.5, 0.6) is 0 Å². The van der Waals surface area contributed by atoms with Crippen molar-refractivity contribution in [3.05, 3.63) is 71.8 Å². The number of benzene rings is 2. The highest BCUT2D eigenvalue weighted by atomic mass is 19.4. The fourth-order valence-electron chi connectivity index (χ4n) is 1.91. The summed E-state index contributed by atoms with van der Waals surface area (Å²) < 4.78 is 39.1. The molecular weight excluding hydrogens is 293 g/mol. The molecular formula is C16H15F3N2O. The molecule has 0 spiro atoms. The SMILES string of the molecule is O=C(NCc1ccccc1)N(Cc1ccccc1)C(F)(F)F. The minimum absolute atomic E-state index is 0.0427. The van der Waals surface area contributed by atoms with Crippen molar-refractivity contribution in [2.75, 3.05) is 0 Å². The van der Waals surface area contributed by atoms with Crippen LogP contribution in [0.1, 0.15) is 11.1 Å². The van der Waals surface area contributed by atoms with Gasteiger partial charge in [-0.15, -0.1) is 13.2 Å². The van der Waals surface area contributed by atoms with E-state index >= 15 is 0 Å². The van der Waals surface area contributed by atoms with E-state index in [4.69, 9.17) is 0 Å². The summed E-state index contributed by atoms with van der Waals surface area (Å²) in [6.07, 6.45) is -4.74. The summed E-state index contributed by atoms with van der Waals surface area (Å²) in [6.45, 7) is -0.480. The number of urea groups is 1. The van der Waals surface area contributed by atoms with E-state index in [2.05, 4.69) is 5.32 Å². The number of hydrogen-bond donors (Lipinski definition) is 1. The Labute approximate surface area is 126 Å². The maximum absolute atomic E-state index is 13.0. The van der Waals surface area contributed by atoms with Gasteiger partial charge in [-0.25, -0.2) is 9.69 Å². The van der Waals surface area contributed by atoms with Crippen molar-refractivity contribution >= 4 is 6.03 Å². The van der Waals surface area contributed by atoms with Crippen LogP contribution in [0.4, 0.5) is 18.0 Å². The Balaban J connectivity index is 2.04. The zero-order valence-corrected chi connectivity index (χ0v) is 11.7. The molecule has 3 nitrogen and oxygen atoms in total. The van der Waals surface area contributed by atoms with Gasteiger partial charge in [0.2, 0.25) is 0 Å². The summed E-state index contributed by atoms with van der Waals surface area (Å²) in [7, 11) is 0. The molecule has 116 valence electrons. The van der Waals surface area contributed by atoms with E-state index in [1.54, 1.807) is 60.7 Å². The van der Waals surface area contributed by atoms with Crippen LogP contribution in [0.15, 0.2) is 60.7 Å². The lowest BCUT2D eigenvalue weighted by atomic mass is 10.2. The van der Waals surface area contributed by atoms with Crippen LogP contribution in [0.2, 0.25) is 0 Å². The second-order valence-corrected chi connectivity index (χ2v) is 4.68. The number of nitrogens with zero attached hydrogens (tertiary/aromatic N) is 1. The summed E-state index contributed by atoms with van der Waals surface area (Å²) in [5.41, 5.74) is 1.15. The van der Waals surface area contributed by atoms with Crippen molar-refractivity contribution < 1.29 is 18.0 Å². The van der Waals surface area contributed by atoms with Gasteiger partial charge in [0.15, 0.2) is 0 Å². The topological polar surface area (TPSA) is 32.3 Å². The number of amides is 2. The second kappa shape index (κ2) is 6.98. The Kier molecular flexibility index (Phi) is 5.04. The first-order valence-corrected chi connectivity index (χ1v) is 6.67. The monoisotopic (exact) mass is 308 g/mol. The summed E-state index contributed by atoms with van der Waals surface area (Å²) in [5, 5.41) is 2.29. The Morgan fingerprint density at radius 1 is 0.909 bits per heavy atom. The molecule has 0 fully saturated rings. The quantitative estimate of drug-likeness (QED) is 0.853. The maximum atomic E-state index is 13.0. The van der Waals surface area contributed by atoms with E-state index in [0.29, 0.717) is 5.56 Å². The summed E-state index contributed by atoms with van der Waals surface area (Å²) in [4.78, 5) is 11.7. The van der Waals surface area contributed by atoms with Crippen LogP contribution in [0.25, 0.3) is 0 Å². The van der Waals surface area contributed by atoms with Gasteiger partial charge in [0.05, 0.1) is 6.54 Å². The molecule has 2 amide bonds. The fourth-order valence-corrected chi connectivity index (χ4v) is 1.91. The predicted molar refractivity (Wildman–Crippen MR) is 76.7 cm³/mol. The van der Waals surface area contributed by atoms with E-state index in [0.717, 1.165) is 5.56 Å². The molecule has 0 radical (unpaired) electrons. The first kappa shape index (κ1) is 15.9. The average molecular weight is 308 g/mol. The molecule has 1 N–H and O–H groups in total. The molecule has 0 saturated heterocycles. The lowest BCUT2D eigenvalue weighted by Crippen LogP contribution is -2.47. The number of hydrogen-bond acceptors (Lipinski definition) is 1. The van der Waals surface area contributed by atoms with Crippen molar-refractivity contribution in [2.24, 2.45) is 0 Å². The zero-order valence-electron chi connectivity index (χ0n) is 11.7. The highest BCUT2D eigenvalue weighted by Crippen LogP contribution is 2.23. The van der Waals surface area contributed by atoms with E-state index in [-0.39, 0.29) is 11.4 Å². The second-order valence-electron chi connectivity index (χ2n) is 4.68. The minimum atomic E-state index is -4.74. The van der Waals surface area contributed by atoms with Gasteiger partial charge in [-0.3, -0.25) is 0 Å². The first-order valence-electron chi connectivity index (χ1n) is 6.67. The molecule has 0 unspecified atom stereocenters. The lowest BCUT2D eigenvalue weighted by molar-refractivity contribution is -0.227. The highest BCUT2D eigenvalue weighted by molar-refractivity contribution is 5.74. The molecule has 2 aromatic carbocycles. The van der Waals surface area contributed by atoms with Crippen molar-refractivity contribution in [1.82, 2.24) is 10.2 Å². The van der Waals surface area contributed by atoms with Gasteiger partial charge in [0.25, 0.3) is 0 Å². The smallest absolute Gasteiger partial charge is 0.334 e. The Morgan fingerprint density at radius 2 is 1.41 bits per heavy atom. The molecule has 2 rings (SSSR count). The minimum Gasteiger partial charge on any atom is -0.334 e. The molecule has 0 aliphatic heterocycles. The van der Waals surface area contributed by atoms with Gasteiger partial charge < -0.3 is 5.32 Å². The predicted octanol–water partition coefficient (Wildman–Crippen LogP) is 3.92.